The van der Waals surface area contributed by atoms with E-state index >= 15 is 0 Å². The minimum Gasteiger partial charge on any atom is -0.493 e. The van der Waals surface area contributed by atoms with Crippen molar-refractivity contribution < 1.29 is 9.13 Å². The molecule has 38 heavy (non-hydrogen) atoms. The molecule has 1 heterocycles. The van der Waals surface area contributed by atoms with Crippen molar-refractivity contribution in [1.29, 1.82) is 5.26 Å². The van der Waals surface area contributed by atoms with Gasteiger partial charge in [0.25, 0.3) is 0 Å². The van der Waals surface area contributed by atoms with E-state index in [4.69, 9.17) is 16.3 Å². The maximum absolute atomic E-state index is 14.5. The third kappa shape index (κ3) is 6.89. The van der Waals surface area contributed by atoms with E-state index in [-0.39, 0.29) is 11.7 Å². The van der Waals surface area contributed by atoms with Crippen molar-refractivity contribution in [1.82, 2.24) is 4.90 Å². The molecule has 1 N–H and O–H groups in total. The fourth-order valence-corrected chi connectivity index (χ4v) is 5.84. The van der Waals surface area contributed by atoms with E-state index in [9.17, 15) is 9.65 Å². The van der Waals surface area contributed by atoms with Crippen LogP contribution in [0.5, 0.6) is 0 Å². The second-order valence-electron chi connectivity index (χ2n) is 9.58. The zero-order chi connectivity index (χ0) is 28.6. The van der Waals surface area contributed by atoms with Crippen LogP contribution in [0, 0.1) is 24.1 Å². The molecule has 0 saturated heterocycles. The Balaban J connectivity index is 2.72. The average Bonchev–Trinajstić information content (AvgIpc) is 3.19. The summed E-state index contributed by atoms with van der Waals surface area (Å²) in [5.41, 5.74) is 3.83. The first-order chi connectivity index (χ1) is 17.9. The summed E-state index contributed by atoms with van der Waals surface area (Å²) in [6.45, 7) is 27.5. The number of benzene rings is 1. The third-order valence-corrected chi connectivity index (χ3v) is 8.57. The van der Waals surface area contributed by atoms with Crippen LogP contribution in [0.25, 0.3) is 11.5 Å². The second kappa shape index (κ2) is 13.7. The largest absolute Gasteiger partial charge is 0.493 e. The first-order valence-corrected chi connectivity index (χ1v) is 13.9. The SMILES string of the molecule is C=CNc1sc(C(=C)OCC)c(C)c1C(=C)N(C[C@H](CCC#N)c1cc(F)ccc1CC)C(C)(C)C(=C)Cl. The Labute approximate surface area is 236 Å². The maximum atomic E-state index is 14.5. The lowest BCUT2D eigenvalue weighted by atomic mass is 9.87. The molecule has 7 heteroatoms. The zero-order valence-corrected chi connectivity index (χ0v) is 24.8. The van der Waals surface area contributed by atoms with E-state index < -0.39 is 5.54 Å². The Morgan fingerprint density at radius 3 is 2.55 bits per heavy atom. The first-order valence-electron chi connectivity index (χ1n) is 12.7. The Kier molecular flexibility index (Phi) is 11.2. The van der Waals surface area contributed by atoms with Gasteiger partial charge in [-0.05, 0) is 75.6 Å². The molecule has 4 nitrogen and oxygen atoms in total. The Bertz CT molecular complexity index is 1240. The number of nitrogens with zero attached hydrogens (tertiary/aromatic N) is 2. The van der Waals surface area contributed by atoms with Gasteiger partial charge in [0.1, 0.15) is 16.6 Å². The highest BCUT2D eigenvalue weighted by Gasteiger charge is 2.35. The van der Waals surface area contributed by atoms with Gasteiger partial charge < -0.3 is 15.0 Å². The van der Waals surface area contributed by atoms with Gasteiger partial charge in [-0.1, -0.05) is 50.9 Å². The van der Waals surface area contributed by atoms with Gasteiger partial charge in [0.05, 0.1) is 23.1 Å². The molecule has 0 unspecified atom stereocenters. The molecule has 1 aromatic carbocycles. The number of aryl methyl sites for hydroxylation is 1. The number of halogens is 2. The number of nitriles is 1. The molecule has 0 fully saturated rings. The molecule has 1 atom stereocenters. The Hall–Kier alpha value is -3.01. The van der Waals surface area contributed by atoms with Gasteiger partial charge in [0.2, 0.25) is 0 Å². The predicted octanol–water partition coefficient (Wildman–Crippen LogP) is 9.21. The highest BCUT2D eigenvalue weighted by Crippen LogP contribution is 2.45. The van der Waals surface area contributed by atoms with Gasteiger partial charge in [-0.3, -0.25) is 0 Å². The summed E-state index contributed by atoms with van der Waals surface area (Å²) in [5.74, 6) is 0.156. The summed E-state index contributed by atoms with van der Waals surface area (Å²) in [6.07, 6.45) is 3.28. The molecule has 0 radical (unpaired) electrons. The number of hydrogen-bond donors (Lipinski definition) is 1. The number of thiophene rings is 1. The summed E-state index contributed by atoms with van der Waals surface area (Å²) in [5, 5.41) is 14.0. The number of rotatable bonds is 15. The molecule has 1 aromatic heterocycles. The molecule has 0 aliphatic carbocycles. The molecule has 2 aromatic rings. The van der Waals surface area contributed by atoms with Gasteiger partial charge >= 0.3 is 0 Å². The monoisotopic (exact) mass is 555 g/mol. The van der Waals surface area contributed by atoms with Crippen LogP contribution >= 0.6 is 22.9 Å². The second-order valence-corrected chi connectivity index (χ2v) is 11.1. The van der Waals surface area contributed by atoms with Crippen molar-refractivity contribution in [3.8, 4) is 6.07 Å². The van der Waals surface area contributed by atoms with Crippen LogP contribution < -0.4 is 5.32 Å². The van der Waals surface area contributed by atoms with E-state index in [2.05, 4.69) is 42.6 Å². The Morgan fingerprint density at radius 2 is 2.00 bits per heavy atom. The van der Waals surface area contributed by atoms with Crippen LogP contribution in [0.4, 0.5) is 9.39 Å². The topological polar surface area (TPSA) is 48.3 Å². The molecule has 0 spiro atoms. The van der Waals surface area contributed by atoms with Crippen LogP contribution in [-0.4, -0.2) is 23.6 Å². The van der Waals surface area contributed by atoms with Crippen LogP contribution in [-0.2, 0) is 11.2 Å². The van der Waals surface area contributed by atoms with Crippen molar-refractivity contribution >= 4 is 39.4 Å². The fourth-order valence-electron chi connectivity index (χ4n) is 4.59. The van der Waals surface area contributed by atoms with Crippen LogP contribution in [0.15, 0.2) is 55.7 Å². The fraction of sp³-hybridized carbons (Fsp3) is 0.387. The van der Waals surface area contributed by atoms with Crippen LogP contribution in [0.2, 0.25) is 0 Å². The first kappa shape index (κ1) is 31.2. The van der Waals surface area contributed by atoms with Crippen molar-refractivity contribution in [3.63, 3.8) is 0 Å². The van der Waals surface area contributed by atoms with Gasteiger partial charge in [0.15, 0.2) is 0 Å². The molecular formula is C31H39ClFN3OS. The van der Waals surface area contributed by atoms with E-state index in [1.165, 1.54) is 17.4 Å². The van der Waals surface area contributed by atoms with E-state index in [0.717, 1.165) is 44.2 Å². The smallest absolute Gasteiger partial charge is 0.129 e. The van der Waals surface area contributed by atoms with Crippen LogP contribution in [0.1, 0.15) is 73.6 Å². The lowest BCUT2D eigenvalue weighted by Crippen LogP contribution is -2.45. The van der Waals surface area contributed by atoms with E-state index in [1.54, 1.807) is 12.3 Å². The summed E-state index contributed by atoms with van der Waals surface area (Å²) in [4.78, 5) is 3.03. The van der Waals surface area contributed by atoms with Crippen molar-refractivity contribution in [2.45, 2.75) is 65.3 Å². The molecule has 0 aliphatic heterocycles. The molecule has 0 bridgehead atoms. The summed E-state index contributed by atoms with van der Waals surface area (Å²) in [7, 11) is 0. The lowest BCUT2D eigenvalue weighted by molar-refractivity contribution is 0.231. The number of anilines is 1. The van der Waals surface area contributed by atoms with Gasteiger partial charge in [0, 0.05) is 35.2 Å². The van der Waals surface area contributed by atoms with Crippen molar-refractivity contribution in [2.24, 2.45) is 0 Å². The highest BCUT2D eigenvalue weighted by atomic mass is 35.5. The molecule has 0 aliphatic rings. The van der Waals surface area contributed by atoms with E-state index in [0.29, 0.717) is 36.8 Å². The molecule has 0 amide bonds. The van der Waals surface area contributed by atoms with Gasteiger partial charge in [-0.25, -0.2) is 4.39 Å². The van der Waals surface area contributed by atoms with Crippen LogP contribution in [0.3, 0.4) is 0 Å². The van der Waals surface area contributed by atoms with Crippen molar-refractivity contribution in [2.75, 3.05) is 18.5 Å². The summed E-state index contributed by atoms with van der Waals surface area (Å²) in [6, 6.07) is 7.16. The standard InChI is InChI=1S/C31H39ClFN3OS/c1-10-24-15-16-26(33)18-27(24)25(14-13-17-34)19-36(31(8,9)23(7)32)21(5)28-20(4)29(22(6)37-12-3)38-30(28)35-11-2/h11,15-16,18,25,35H,2,5-7,10,12-14,19H2,1,3-4,8-9H3/t25-/m0/s1. The van der Waals surface area contributed by atoms with E-state index in [1.807, 2.05) is 40.7 Å². The minimum absolute atomic E-state index is 0.139. The Morgan fingerprint density at radius 1 is 1.32 bits per heavy atom. The average molecular weight is 556 g/mol. The molecule has 2 rings (SSSR count). The highest BCUT2D eigenvalue weighted by molar-refractivity contribution is 7.17. The summed E-state index contributed by atoms with van der Waals surface area (Å²) < 4.78 is 20.2. The maximum Gasteiger partial charge on any atom is 0.129 e. The lowest BCUT2D eigenvalue weighted by Gasteiger charge is -2.43. The van der Waals surface area contributed by atoms with Crippen molar-refractivity contribution in [3.05, 3.63) is 88.7 Å². The van der Waals surface area contributed by atoms with Gasteiger partial charge in [-0.2, -0.15) is 5.26 Å². The predicted molar refractivity (Wildman–Crippen MR) is 162 cm³/mol. The normalized spacial score (nSPS) is 11.8. The molecular weight excluding hydrogens is 517 g/mol. The number of hydrogen-bond acceptors (Lipinski definition) is 5. The minimum atomic E-state index is -0.708. The summed E-state index contributed by atoms with van der Waals surface area (Å²) >= 11 is 8.12. The molecule has 204 valence electrons. The zero-order valence-electron chi connectivity index (χ0n) is 23.2. The van der Waals surface area contributed by atoms with Gasteiger partial charge in [-0.15, -0.1) is 11.3 Å². The quantitative estimate of drug-likeness (QED) is 0.222. The number of ether oxygens (including phenoxy) is 1. The molecule has 0 saturated carbocycles. The third-order valence-electron chi connectivity index (χ3n) is 6.84. The number of nitrogens with one attached hydrogen (secondary N) is 1.